The Labute approximate surface area is 149 Å². The van der Waals surface area contributed by atoms with Gasteiger partial charge in [0.2, 0.25) is 0 Å². The second kappa shape index (κ2) is 8.80. The molecule has 0 aromatic heterocycles. The number of para-hydroxylation sites is 2. The number of anilines is 2. The second-order valence-electron chi connectivity index (χ2n) is 5.57. The summed E-state index contributed by atoms with van der Waals surface area (Å²) in [6.45, 7) is -2.87. The first-order valence-electron chi connectivity index (χ1n) is 7.76. The van der Waals surface area contributed by atoms with Crippen molar-refractivity contribution in [2.45, 2.75) is 13.2 Å². The maximum atomic E-state index is 12.4. The highest BCUT2D eigenvalue weighted by atomic mass is 19.3. The van der Waals surface area contributed by atoms with Crippen molar-refractivity contribution in [1.29, 1.82) is 0 Å². The third-order valence-corrected chi connectivity index (χ3v) is 3.46. The van der Waals surface area contributed by atoms with E-state index in [1.165, 1.54) is 24.3 Å². The molecule has 0 aliphatic rings. The van der Waals surface area contributed by atoms with Crippen LogP contribution in [0.1, 0.15) is 5.56 Å². The maximum Gasteiger partial charge on any atom is 0.387 e. The number of alkyl halides is 2. The molecule has 0 radical (unpaired) electrons. The van der Waals surface area contributed by atoms with Crippen LogP contribution in [0.2, 0.25) is 0 Å². The molecule has 138 valence electrons. The average Bonchev–Trinajstić information content (AvgIpc) is 2.61. The van der Waals surface area contributed by atoms with Gasteiger partial charge in [0.1, 0.15) is 5.75 Å². The average molecular weight is 363 g/mol. The predicted molar refractivity (Wildman–Crippen MR) is 94.3 cm³/mol. The van der Waals surface area contributed by atoms with E-state index in [9.17, 15) is 18.4 Å². The number of halogens is 2. The second-order valence-corrected chi connectivity index (χ2v) is 5.57. The van der Waals surface area contributed by atoms with Crippen LogP contribution in [0, 0.1) is 0 Å². The van der Waals surface area contributed by atoms with E-state index in [0.29, 0.717) is 0 Å². The Morgan fingerprint density at radius 1 is 1.04 bits per heavy atom. The molecule has 6 nitrogen and oxygen atoms in total. The summed E-state index contributed by atoms with van der Waals surface area (Å²) < 4.78 is 29.0. The van der Waals surface area contributed by atoms with Crippen molar-refractivity contribution in [2.24, 2.45) is 0 Å². The van der Waals surface area contributed by atoms with E-state index in [2.05, 4.69) is 15.4 Å². The van der Waals surface area contributed by atoms with Gasteiger partial charge in [0.05, 0.1) is 5.69 Å². The lowest BCUT2D eigenvalue weighted by Gasteiger charge is -2.13. The number of ether oxygens (including phenoxy) is 1. The van der Waals surface area contributed by atoms with Gasteiger partial charge >= 0.3 is 18.4 Å². The van der Waals surface area contributed by atoms with Gasteiger partial charge in [-0.2, -0.15) is 8.78 Å². The first-order valence-corrected chi connectivity index (χ1v) is 7.76. The van der Waals surface area contributed by atoms with Crippen LogP contribution in [0.4, 0.5) is 20.2 Å². The molecule has 0 saturated heterocycles. The number of nitrogens with one attached hydrogen (secondary N) is 2. The first kappa shape index (κ1) is 19.2. The SMILES string of the molecule is CN(C)c1ccc(CNC(=O)C(=O)Nc2ccccc2OC(F)F)cc1. The summed E-state index contributed by atoms with van der Waals surface area (Å²) in [6, 6.07) is 13.1. The van der Waals surface area contributed by atoms with Crippen molar-refractivity contribution < 1.29 is 23.1 Å². The summed E-state index contributed by atoms with van der Waals surface area (Å²) in [5.41, 5.74) is 1.81. The molecule has 0 spiro atoms. The van der Waals surface area contributed by atoms with Crippen molar-refractivity contribution in [3.8, 4) is 5.75 Å². The summed E-state index contributed by atoms with van der Waals surface area (Å²) in [7, 11) is 3.83. The number of rotatable bonds is 6. The minimum atomic E-state index is -3.04. The number of hydrogen-bond donors (Lipinski definition) is 2. The lowest BCUT2D eigenvalue weighted by atomic mass is 10.2. The van der Waals surface area contributed by atoms with Gasteiger partial charge < -0.3 is 20.3 Å². The molecular formula is C18H19F2N3O3. The minimum absolute atomic E-state index is 0.0108. The molecule has 0 unspecified atom stereocenters. The largest absolute Gasteiger partial charge is 0.433 e. The highest BCUT2D eigenvalue weighted by molar-refractivity contribution is 6.39. The number of benzene rings is 2. The fraction of sp³-hybridized carbons (Fsp3) is 0.222. The topological polar surface area (TPSA) is 70.7 Å². The Hall–Kier alpha value is -3.16. The molecule has 2 rings (SSSR count). The maximum absolute atomic E-state index is 12.4. The van der Waals surface area contributed by atoms with E-state index in [1.807, 2.05) is 43.3 Å². The van der Waals surface area contributed by atoms with Crippen LogP contribution in [-0.4, -0.2) is 32.5 Å². The van der Waals surface area contributed by atoms with E-state index >= 15 is 0 Å². The van der Waals surface area contributed by atoms with E-state index < -0.39 is 18.4 Å². The van der Waals surface area contributed by atoms with Crippen molar-refractivity contribution in [3.05, 3.63) is 54.1 Å². The summed E-state index contributed by atoms with van der Waals surface area (Å²) in [5.74, 6) is -2.07. The fourth-order valence-electron chi connectivity index (χ4n) is 2.12. The summed E-state index contributed by atoms with van der Waals surface area (Å²) in [5, 5.41) is 4.73. The molecule has 8 heteroatoms. The molecule has 0 heterocycles. The van der Waals surface area contributed by atoms with Crippen LogP contribution in [0.5, 0.6) is 5.75 Å². The smallest absolute Gasteiger partial charge is 0.387 e. The normalized spacial score (nSPS) is 10.3. The molecule has 0 bridgehead atoms. The molecule has 0 aliphatic carbocycles. The zero-order valence-electron chi connectivity index (χ0n) is 14.3. The molecular weight excluding hydrogens is 344 g/mol. The molecule has 0 saturated carbocycles. The van der Waals surface area contributed by atoms with Gasteiger partial charge in [0.25, 0.3) is 0 Å². The van der Waals surface area contributed by atoms with E-state index in [-0.39, 0.29) is 18.0 Å². The van der Waals surface area contributed by atoms with Gasteiger partial charge in [-0.15, -0.1) is 0 Å². The Kier molecular flexibility index (Phi) is 6.48. The lowest BCUT2D eigenvalue weighted by molar-refractivity contribution is -0.136. The Morgan fingerprint density at radius 2 is 1.69 bits per heavy atom. The van der Waals surface area contributed by atoms with Crippen LogP contribution in [0.3, 0.4) is 0 Å². The minimum Gasteiger partial charge on any atom is -0.433 e. The number of nitrogens with zero attached hydrogens (tertiary/aromatic N) is 1. The molecule has 26 heavy (non-hydrogen) atoms. The number of carbonyl (C=O) groups excluding carboxylic acids is 2. The van der Waals surface area contributed by atoms with Crippen molar-refractivity contribution >= 4 is 23.2 Å². The van der Waals surface area contributed by atoms with Gasteiger partial charge in [-0.05, 0) is 29.8 Å². The number of amides is 2. The van der Waals surface area contributed by atoms with E-state index in [1.54, 1.807) is 0 Å². The first-order chi connectivity index (χ1) is 12.4. The molecule has 2 amide bonds. The van der Waals surface area contributed by atoms with Crippen LogP contribution >= 0.6 is 0 Å². The van der Waals surface area contributed by atoms with Gasteiger partial charge in [-0.3, -0.25) is 9.59 Å². The van der Waals surface area contributed by atoms with Gasteiger partial charge in [0, 0.05) is 26.3 Å². The third kappa shape index (κ3) is 5.44. The summed E-state index contributed by atoms with van der Waals surface area (Å²) in [6.07, 6.45) is 0. The predicted octanol–water partition coefficient (Wildman–Crippen LogP) is 2.61. The quantitative estimate of drug-likeness (QED) is 0.774. The molecule has 0 fully saturated rings. The van der Waals surface area contributed by atoms with Gasteiger partial charge in [-0.25, -0.2) is 0 Å². The van der Waals surface area contributed by atoms with Gasteiger partial charge in [-0.1, -0.05) is 24.3 Å². The van der Waals surface area contributed by atoms with Gasteiger partial charge in [0.15, 0.2) is 0 Å². The third-order valence-electron chi connectivity index (χ3n) is 3.46. The van der Waals surface area contributed by atoms with Crippen LogP contribution < -0.4 is 20.3 Å². The van der Waals surface area contributed by atoms with E-state index in [4.69, 9.17) is 0 Å². The Balaban J connectivity index is 1.93. The highest BCUT2D eigenvalue weighted by Gasteiger charge is 2.17. The molecule has 0 aliphatic heterocycles. The van der Waals surface area contributed by atoms with E-state index in [0.717, 1.165) is 11.3 Å². The van der Waals surface area contributed by atoms with Crippen molar-refractivity contribution in [3.63, 3.8) is 0 Å². The standard InChI is InChI=1S/C18H19F2N3O3/c1-23(2)13-9-7-12(8-10-13)11-21-16(24)17(25)22-14-5-3-4-6-15(14)26-18(19)20/h3-10,18H,11H2,1-2H3,(H,21,24)(H,22,25). The summed E-state index contributed by atoms with van der Waals surface area (Å²) in [4.78, 5) is 25.8. The molecule has 2 aromatic carbocycles. The Bertz CT molecular complexity index is 765. The van der Waals surface area contributed by atoms with Crippen molar-refractivity contribution in [2.75, 3.05) is 24.3 Å². The summed E-state index contributed by atoms with van der Waals surface area (Å²) >= 11 is 0. The van der Waals surface area contributed by atoms with Crippen LogP contribution in [-0.2, 0) is 16.1 Å². The monoisotopic (exact) mass is 363 g/mol. The number of carbonyl (C=O) groups is 2. The number of hydrogen-bond acceptors (Lipinski definition) is 4. The fourth-order valence-corrected chi connectivity index (χ4v) is 2.12. The molecule has 0 atom stereocenters. The highest BCUT2D eigenvalue weighted by Crippen LogP contribution is 2.25. The molecule has 2 aromatic rings. The lowest BCUT2D eigenvalue weighted by Crippen LogP contribution is -2.35. The van der Waals surface area contributed by atoms with Crippen LogP contribution in [0.25, 0.3) is 0 Å². The zero-order valence-corrected chi connectivity index (χ0v) is 14.3. The zero-order chi connectivity index (χ0) is 19.1. The Morgan fingerprint density at radius 3 is 2.31 bits per heavy atom. The van der Waals surface area contributed by atoms with Crippen LogP contribution in [0.15, 0.2) is 48.5 Å². The molecule has 2 N–H and O–H groups in total. The van der Waals surface area contributed by atoms with Crippen molar-refractivity contribution in [1.82, 2.24) is 5.32 Å².